The van der Waals surface area contributed by atoms with E-state index < -0.39 is 39.9 Å². The summed E-state index contributed by atoms with van der Waals surface area (Å²) in [5.74, 6) is -0.684. The molecule has 1 aliphatic rings. The van der Waals surface area contributed by atoms with Crippen LogP contribution in [0.25, 0.3) is 0 Å². The zero-order valence-corrected chi connectivity index (χ0v) is 22.7. The molecule has 1 N–H and O–H groups in total. The molecule has 1 heterocycles. The third-order valence-electron chi connectivity index (χ3n) is 6.60. The zero-order valence-electron chi connectivity index (χ0n) is 21.1. The second kappa shape index (κ2) is 12.4. The number of rotatable bonds is 9. The minimum atomic E-state index is -4.73. The molecule has 4 rings (SSSR count). The third-order valence-corrected chi connectivity index (χ3v) is 8.69. The molecule has 3 aromatic carbocycles. The first-order valence-electron chi connectivity index (χ1n) is 12.6. The summed E-state index contributed by atoms with van der Waals surface area (Å²) in [5.41, 5.74) is 0.415. The lowest BCUT2D eigenvalue weighted by atomic mass is 10.0. The lowest BCUT2D eigenvalue weighted by molar-refractivity contribution is -0.137. The van der Waals surface area contributed by atoms with Crippen LogP contribution in [0.5, 0.6) is 0 Å². The van der Waals surface area contributed by atoms with Crippen LogP contribution in [0, 0.1) is 0 Å². The van der Waals surface area contributed by atoms with E-state index in [-0.39, 0.29) is 16.5 Å². The monoisotopic (exact) mass is 579 g/mol. The van der Waals surface area contributed by atoms with Crippen LogP contribution in [0.1, 0.15) is 36.0 Å². The molecule has 1 saturated heterocycles. The summed E-state index contributed by atoms with van der Waals surface area (Å²) >= 11 is 6.19. The average molecular weight is 580 g/mol. The van der Waals surface area contributed by atoms with Gasteiger partial charge in [0.1, 0.15) is 6.54 Å². The number of likely N-dealkylation sites (tertiary alicyclic amines) is 1. The lowest BCUT2D eigenvalue weighted by Gasteiger charge is -2.27. The zero-order chi connectivity index (χ0) is 28.0. The van der Waals surface area contributed by atoms with Crippen molar-refractivity contribution < 1.29 is 26.4 Å². The predicted octanol–water partition coefficient (Wildman–Crippen LogP) is 5.86. The van der Waals surface area contributed by atoms with Crippen molar-refractivity contribution in [1.29, 1.82) is 0 Å². The third kappa shape index (κ3) is 7.32. The topological polar surface area (TPSA) is 69.7 Å². The van der Waals surface area contributed by atoms with Crippen molar-refractivity contribution in [2.75, 3.05) is 23.9 Å². The molecule has 1 amide bonds. The van der Waals surface area contributed by atoms with Crippen molar-refractivity contribution in [2.24, 2.45) is 0 Å². The Hall–Kier alpha value is -3.08. The normalized spacial score (nSPS) is 14.7. The number of carbonyl (C=O) groups excluding carboxylic acids is 1. The van der Waals surface area contributed by atoms with Crippen LogP contribution >= 0.6 is 11.6 Å². The van der Waals surface area contributed by atoms with Gasteiger partial charge in [0.15, 0.2) is 0 Å². The molecule has 208 valence electrons. The van der Waals surface area contributed by atoms with Gasteiger partial charge >= 0.3 is 6.18 Å². The summed E-state index contributed by atoms with van der Waals surface area (Å²) < 4.78 is 68.1. The van der Waals surface area contributed by atoms with Gasteiger partial charge in [-0.1, -0.05) is 60.5 Å². The van der Waals surface area contributed by atoms with Crippen molar-refractivity contribution in [3.05, 3.63) is 94.5 Å². The minimum absolute atomic E-state index is 0.137. The molecule has 11 heteroatoms. The molecule has 0 aliphatic carbocycles. The largest absolute Gasteiger partial charge is 0.416 e. The number of hydrogen-bond acceptors (Lipinski definition) is 4. The molecule has 0 spiro atoms. The molecule has 0 unspecified atom stereocenters. The summed E-state index contributed by atoms with van der Waals surface area (Å²) in [7, 11) is -4.43. The van der Waals surface area contributed by atoms with E-state index in [2.05, 4.69) is 10.2 Å². The van der Waals surface area contributed by atoms with Crippen LogP contribution in [-0.4, -0.2) is 38.9 Å². The summed E-state index contributed by atoms with van der Waals surface area (Å²) in [6.45, 7) is 2.13. The van der Waals surface area contributed by atoms with Gasteiger partial charge in [-0.3, -0.25) is 14.0 Å². The second-order valence-electron chi connectivity index (χ2n) is 9.37. The first-order valence-corrected chi connectivity index (χ1v) is 14.4. The van der Waals surface area contributed by atoms with Gasteiger partial charge in [0.25, 0.3) is 10.0 Å². The van der Waals surface area contributed by atoms with Crippen molar-refractivity contribution in [3.8, 4) is 0 Å². The maximum absolute atomic E-state index is 13.5. The molecule has 6 nitrogen and oxygen atoms in total. The van der Waals surface area contributed by atoms with E-state index in [0.717, 1.165) is 55.7 Å². The number of benzene rings is 3. The van der Waals surface area contributed by atoms with Crippen LogP contribution in [-0.2, 0) is 34.1 Å². The van der Waals surface area contributed by atoms with Crippen molar-refractivity contribution in [2.45, 2.75) is 43.4 Å². The van der Waals surface area contributed by atoms with Crippen LogP contribution in [0.4, 0.5) is 18.9 Å². The molecule has 0 atom stereocenters. The fraction of sp³-hybridized carbons (Fsp3) is 0.321. The maximum atomic E-state index is 13.5. The molecule has 1 aliphatic heterocycles. The number of carbonyl (C=O) groups is 1. The molecule has 0 aromatic heterocycles. The molecule has 0 bridgehead atoms. The number of halogens is 4. The Balaban J connectivity index is 1.58. The summed E-state index contributed by atoms with van der Waals surface area (Å²) in [6.07, 6.45) is -1.24. The highest BCUT2D eigenvalue weighted by molar-refractivity contribution is 7.92. The van der Waals surface area contributed by atoms with E-state index in [4.69, 9.17) is 11.6 Å². The smallest absolute Gasteiger partial charge is 0.350 e. The summed E-state index contributed by atoms with van der Waals surface area (Å²) in [4.78, 5) is 15.3. The Morgan fingerprint density at radius 1 is 0.923 bits per heavy atom. The van der Waals surface area contributed by atoms with Gasteiger partial charge in [0.05, 0.1) is 21.2 Å². The predicted molar refractivity (Wildman–Crippen MR) is 145 cm³/mol. The Morgan fingerprint density at radius 3 is 2.23 bits per heavy atom. The molecule has 0 radical (unpaired) electrons. The SMILES string of the molecule is O=C(CN(c1cc(C(F)(F)F)ccc1Cl)S(=O)(=O)c1ccccc1)NCc1ccccc1CN1CCCCC1. The Morgan fingerprint density at radius 2 is 1.56 bits per heavy atom. The number of alkyl halides is 3. The highest BCUT2D eigenvalue weighted by Gasteiger charge is 2.34. The Kier molecular flexibility index (Phi) is 9.19. The summed E-state index contributed by atoms with van der Waals surface area (Å²) in [5, 5.41) is 2.50. The quantitative estimate of drug-likeness (QED) is 0.345. The second-order valence-corrected chi connectivity index (χ2v) is 11.6. The van der Waals surface area contributed by atoms with E-state index in [1.54, 1.807) is 6.07 Å². The van der Waals surface area contributed by atoms with Crippen molar-refractivity contribution in [3.63, 3.8) is 0 Å². The highest BCUT2D eigenvalue weighted by Crippen LogP contribution is 2.37. The van der Waals surface area contributed by atoms with Gasteiger partial charge in [0, 0.05) is 13.1 Å². The number of nitrogens with zero attached hydrogens (tertiary/aromatic N) is 2. The number of amides is 1. The fourth-order valence-corrected chi connectivity index (χ4v) is 6.24. The number of sulfonamides is 1. The first-order chi connectivity index (χ1) is 18.6. The van der Waals surface area contributed by atoms with Crippen LogP contribution in [0.15, 0.2) is 77.7 Å². The number of hydrogen-bond donors (Lipinski definition) is 1. The Labute approximate surface area is 231 Å². The molecular formula is C28H29ClF3N3O3S. The van der Waals surface area contributed by atoms with Crippen molar-refractivity contribution in [1.82, 2.24) is 10.2 Å². The molecule has 1 fully saturated rings. The minimum Gasteiger partial charge on any atom is -0.350 e. The van der Waals surface area contributed by atoms with Gasteiger partial charge in [-0.2, -0.15) is 13.2 Å². The number of anilines is 1. The fourth-order valence-electron chi connectivity index (χ4n) is 4.52. The molecule has 3 aromatic rings. The van der Waals surface area contributed by atoms with Crippen molar-refractivity contribution >= 4 is 33.2 Å². The number of nitrogens with one attached hydrogen (secondary N) is 1. The van der Waals surface area contributed by atoms with Gasteiger partial charge in [-0.15, -0.1) is 0 Å². The standard InChI is InChI=1S/C28H29ClF3N3O3S/c29-25-14-13-23(28(30,31)32)17-26(25)35(39(37,38)24-11-3-1-4-12-24)20-27(36)33-18-21-9-5-6-10-22(21)19-34-15-7-2-8-16-34/h1,3-6,9-14,17H,2,7-8,15-16,18-20H2,(H,33,36). The van der Waals surface area contributed by atoms with E-state index in [1.165, 1.54) is 30.7 Å². The van der Waals surface area contributed by atoms with Gasteiger partial charge in [0.2, 0.25) is 5.91 Å². The average Bonchev–Trinajstić information content (AvgIpc) is 2.92. The van der Waals surface area contributed by atoms with E-state index in [0.29, 0.717) is 10.4 Å². The van der Waals surface area contributed by atoms with E-state index in [9.17, 15) is 26.4 Å². The van der Waals surface area contributed by atoms with Gasteiger partial charge in [-0.05, 0) is 67.4 Å². The van der Waals surface area contributed by atoms with Crippen LogP contribution < -0.4 is 9.62 Å². The molecular weight excluding hydrogens is 551 g/mol. The highest BCUT2D eigenvalue weighted by atomic mass is 35.5. The maximum Gasteiger partial charge on any atom is 0.416 e. The van der Waals surface area contributed by atoms with Crippen LogP contribution in [0.3, 0.4) is 0 Å². The van der Waals surface area contributed by atoms with Gasteiger partial charge in [-0.25, -0.2) is 8.42 Å². The van der Waals surface area contributed by atoms with Crippen LogP contribution in [0.2, 0.25) is 5.02 Å². The number of piperidine rings is 1. The first kappa shape index (κ1) is 28.9. The van der Waals surface area contributed by atoms with E-state index in [1.807, 2.05) is 24.3 Å². The van der Waals surface area contributed by atoms with Gasteiger partial charge < -0.3 is 5.32 Å². The van der Waals surface area contributed by atoms with E-state index >= 15 is 0 Å². The summed E-state index contributed by atoms with van der Waals surface area (Å²) in [6, 6.07) is 17.2. The lowest BCUT2D eigenvalue weighted by Crippen LogP contribution is -2.41. The Bertz CT molecular complexity index is 1400. The molecule has 39 heavy (non-hydrogen) atoms. The molecule has 0 saturated carbocycles.